The van der Waals surface area contributed by atoms with Gasteiger partial charge in [-0.05, 0) is 72.7 Å². The second-order valence-corrected chi connectivity index (χ2v) is 9.00. The van der Waals surface area contributed by atoms with Gasteiger partial charge >= 0.3 is 6.09 Å². The second-order valence-electron chi connectivity index (χ2n) is 8.59. The van der Waals surface area contributed by atoms with Crippen molar-refractivity contribution < 1.29 is 19.1 Å². The summed E-state index contributed by atoms with van der Waals surface area (Å²) in [5.41, 5.74) is 1.87. The molecule has 1 heterocycles. The predicted molar refractivity (Wildman–Crippen MR) is 124 cm³/mol. The van der Waals surface area contributed by atoms with Crippen molar-refractivity contribution in [1.29, 1.82) is 0 Å². The number of alkyl carbamates (subject to hydrolysis) is 1. The van der Waals surface area contributed by atoms with E-state index in [-0.39, 0.29) is 10.9 Å². The second kappa shape index (κ2) is 10.0. The van der Waals surface area contributed by atoms with Crippen LogP contribution in [0.15, 0.2) is 24.3 Å². The van der Waals surface area contributed by atoms with Gasteiger partial charge in [0, 0.05) is 11.4 Å². The van der Waals surface area contributed by atoms with Gasteiger partial charge in [0.1, 0.15) is 17.7 Å². The van der Waals surface area contributed by atoms with Gasteiger partial charge in [-0.2, -0.15) is 5.10 Å². The summed E-state index contributed by atoms with van der Waals surface area (Å²) < 4.78 is 6.79. The van der Waals surface area contributed by atoms with E-state index in [4.69, 9.17) is 16.3 Å². The average Bonchev–Trinajstić information content (AvgIpc) is 2.99. The number of halogens is 1. The molecule has 0 aliphatic heterocycles. The van der Waals surface area contributed by atoms with Gasteiger partial charge < -0.3 is 20.7 Å². The molecule has 1 aromatic carbocycles. The Bertz CT molecular complexity index is 1010. The largest absolute Gasteiger partial charge is 0.444 e. The molecular weight excluding hydrogens is 434 g/mol. The summed E-state index contributed by atoms with van der Waals surface area (Å²) in [5.74, 6) is -0.716. The van der Waals surface area contributed by atoms with Crippen LogP contribution in [0.2, 0.25) is 5.02 Å². The van der Waals surface area contributed by atoms with Crippen LogP contribution in [0.1, 0.15) is 52.0 Å². The van der Waals surface area contributed by atoms with Crippen molar-refractivity contribution in [2.45, 2.75) is 66.2 Å². The Labute approximate surface area is 192 Å². The monoisotopic (exact) mass is 463 g/mol. The van der Waals surface area contributed by atoms with Gasteiger partial charge in [-0.15, -0.1) is 0 Å². The zero-order chi connectivity index (χ0) is 24.2. The van der Waals surface area contributed by atoms with Crippen LogP contribution in [0.4, 0.5) is 16.2 Å². The predicted octanol–water partition coefficient (Wildman–Crippen LogP) is 4.20. The molecule has 0 fully saturated rings. The van der Waals surface area contributed by atoms with Crippen molar-refractivity contribution in [2.24, 2.45) is 0 Å². The molecule has 0 spiro atoms. The number of carbonyl (C=O) groups excluding carboxylic acids is 3. The lowest BCUT2D eigenvalue weighted by Gasteiger charge is -2.21. The highest BCUT2D eigenvalue weighted by molar-refractivity contribution is 6.34. The molecule has 0 bridgehead atoms. The molecule has 0 saturated carbocycles. The highest BCUT2D eigenvalue weighted by atomic mass is 35.5. The lowest BCUT2D eigenvalue weighted by atomic mass is 10.2. The quantitative estimate of drug-likeness (QED) is 0.593. The van der Waals surface area contributed by atoms with Crippen molar-refractivity contribution in [3.63, 3.8) is 0 Å². The van der Waals surface area contributed by atoms with Gasteiger partial charge in [-0.3, -0.25) is 14.3 Å². The van der Waals surface area contributed by atoms with E-state index in [1.807, 2.05) is 19.9 Å². The SMILES string of the molecule is Cc1cc(C)n(C(C)C(=O)Nc2ccc(NC(=O)[C@@H](C)NC(=O)OC(C)(C)C)cc2Cl)n1. The van der Waals surface area contributed by atoms with Crippen molar-refractivity contribution in [3.05, 3.63) is 40.7 Å². The number of hydrogen-bond acceptors (Lipinski definition) is 5. The van der Waals surface area contributed by atoms with Crippen LogP contribution in [0.5, 0.6) is 0 Å². The summed E-state index contributed by atoms with van der Waals surface area (Å²) in [6.07, 6.45) is -0.687. The minimum absolute atomic E-state index is 0.254. The van der Waals surface area contributed by atoms with Crippen LogP contribution in [0.25, 0.3) is 0 Å². The van der Waals surface area contributed by atoms with Crippen molar-refractivity contribution in [1.82, 2.24) is 15.1 Å². The fraction of sp³-hybridized carbons (Fsp3) is 0.455. The number of aromatic nitrogens is 2. The maximum atomic E-state index is 12.6. The van der Waals surface area contributed by atoms with Gasteiger partial charge in [-0.25, -0.2) is 4.79 Å². The molecule has 3 N–H and O–H groups in total. The zero-order valence-electron chi connectivity index (χ0n) is 19.4. The van der Waals surface area contributed by atoms with E-state index in [1.54, 1.807) is 44.5 Å². The summed E-state index contributed by atoms with van der Waals surface area (Å²) in [6, 6.07) is 5.25. The van der Waals surface area contributed by atoms with Crippen LogP contribution in [0.3, 0.4) is 0 Å². The molecule has 9 nitrogen and oxygen atoms in total. The van der Waals surface area contributed by atoms with E-state index in [0.717, 1.165) is 11.4 Å². The molecule has 0 radical (unpaired) electrons. The molecule has 2 rings (SSSR count). The summed E-state index contributed by atoms with van der Waals surface area (Å²) >= 11 is 6.30. The Morgan fingerprint density at radius 2 is 1.72 bits per heavy atom. The lowest BCUT2D eigenvalue weighted by molar-refractivity contribution is -0.119. The van der Waals surface area contributed by atoms with Crippen molar-refractivity contribution in [3.8, 4) is 0 Å². The van der Waals surface area contributed by atoms with Gasteiger partial charge in [-0.1, -0.05) is 11.6 Å². The first-order valence-electron chi connectivity index (χ1n) is 10.2. The molecule has 174 valence electrons. The molecular formula is C22H30ClN5O4. The number of ether oxygens (including phenoxy) is 1. The molecule has 2 atom stereocenters. The Morgan fingerprint density at radius 1 is 1.06 bits per heavy atom. The average molecular weight is 464 g/mol. The van der Waals surface area contributed by atoms with Crippen LogP contribution in [-0.2, 0) is 14.3 Å². The summed E-state index contributed by atoms with van der Waals surface area (Å²) in [4.78, 5) is 36.8. The summed E-state index contributed by atoms with van der Waals surface area (Å²) in [7, 11) is 0. The van der Waals surface area contributed by atoms with Crippen molar-refractivity contribution in [2.75, 3.05) is 10.6 Å². The number of benzene rings is 1. The molecule has 3 amide bonds. The number of nitrogens with zero attached hydrogens (tertiary/aromatic N) is 2. The third-order valence-corrected chi connectivity index (χ3v) is 4.72. The van der Waals surface area contributed by atoms with Gasteiger partial charge in [0.05, 0.1) is 16.4 Å². The molecule has 1 aromatic heterocycles. The standard InChI is InChI=1S/C22H30ClN5O4/c1-12-10-13(2)28(27-12)15(4)20(30)26-18-9-8-16(11-17(18)23)25-19(29)14(3)24-21(31)32-22(5,6)7/h8-11,14-15H,1-7H3,(H,24,31)(H,25,29)(H,26,30)/t14-,15?/m1/s1. The number of nitrogens with one attached hydrogen (secondary N) is 3. The van der Waals surface area contributed by atoms with Crippen LogP contribution in [0, 0.1) is 13.8 Å². The number of aryl methyl sites for hydroxylation is 2. The summed E-state index contributed by atoms with van der Waals surface area (Å²) in [5, 5.41) is 12.5. The van der Waals surface area contributed by atoms with E-state index < -0.39 is 29.7 Å². The number of amides is 3. The first-order chi connectivity index (χ1) is 14.8. The number of rotatable bonds is 6. The zero-order valence-corrected chi connectivity index (χ0v) is 20.1. The smallest absolute Gasteiger partial charge is 0.408 e. The molecule has 0 aliphatic carbocycles. The van der Waals surface area contributed by atoms with E-state index >= 15 is 0 Å². The highest BCUT2D eigenvalue weighted by Gasteiger charge is 2.22. The number of hydrogen-bond donors (Lipinski definition) is 3. The first-order valence-corrected chi connectivity index (χ1v) is 10.6. The lowest BCUT2D eigenvalue weighted by Crippen LogP contribution is -2.43. The van der Waals surface area contributed by atoms with E-state index in [9.17, 15) is 14.4 Å². The van der Waals surface area contributed by atoms with Gasteiger partial charge in [0.2, 0.25) is 11.8 Å². The Hall–Kier alpha value is -3.07. The molecule has 32 heavy (non-hydrogen) atoms. The molecule has 0 saturated heterocycles. The number of carbonyl (C=O) groups is 3. The minimum Gasteiger partial charge on any atom is -0.444 e. The van der Waals surface area contributed by atoms with Crippen LogP contribution < -0.4 is 16.0 Å². The fourth-order valence-electron chi connectivity index (χ4n) is 2.88. The molecule has 10 heteroatoms. The summed E-state index contributed by atoms with van der Waals surface area (Å²) in [6.45, 7) is 12.2. The van der Waals surface area contributed by atoms with E-state index in [1.165, 1.54) is 13.0 Å². The van der Waals surface area contributed by atoms with E-state index in [0.29, 0.717) is 11.4 Å². The van der Waals surface area contributed by atoms with Crippen molar-refractivity contribution >= 4 is 40.9 Å². The van der Waals surface area contributed by atoms with Crippen LogP contribution >= 0.6 is 11.6 Å². The topological polar surface area (TPSA) is 114 Å². The first kappa shape index (κ1) is 25.2. The number of anilines is 2. The highest BCUT2D eigenvalue weighted by Crippen LogP contribution is 2.26. The Balaban J connectivity index is 1.99. The Morgan fingerprint density at radius 3 is 2.25 bits per heavy atom. The van der Waals surface area contributed by atoms with Gasteiger partial charge in [0.25, 0.3) is 0 Å². The molecule has 2 aromatic rings. The normalized spacial score (nSPS) is 13.1. The maximum absolute atomic E-state index is 12.6. The van der Waals surface area contributed by atoms with E-state index in [2.05, 4.69) is 21.0 Å². The van der Waals surface area contributed by atoms with Gasteiger partial charge in [0.15, 0.2) is 0 Å². The maximum Gasteiger partial charge on any atom is 0.408 e. The Kier molecular flexibility index (Phi) is 7.90. The third-order valence-electron chi connectivity index (χ3n) is 4.41. The molecule has 0 aliphatic rings. The fourth-order valence-corrected chi connectivity index (χ4v) is 3.11. The minimum atomic E-state index is -0.829. The van der Waals surface area contributed by atoms with Crippen LogP contribution in [-0.4, -0.2) is 39.3 Å². The molecule has 1 unspecified atom stereocenters. The third kappa shape index (κ3) is 6.98.